The van der Waals surface area contributed by atoms with Crippen LogP contribution in [0.15, 0.2) is 42.5 Å². The van der Waals surface area contributed by atoms with Crippen LogP contribution in [0.3, 0.4) is 0 Å². The van der Waals surface area contributed by atoms with Gasteiger partial charge in [0.2, 0.25) is 5.91 Å². The van der Waals surface area contributed by atoms with Crippen LogP contribution in [-0.4, -0.2) is 25.0 Å². The number of nitrogens with one attached hydrogen (secondary N) is 1. The fraction of sp³-hybridized carbons (Fsp3) is 0.300. The molecule has 0 spiro atoms. The third kappa shape index (κ3) is 3.27. The van der Waals surface area contributed by atoms with Crippen molar-refractivity contribution in [2.45, 2.75) is 25.3 Å². The summed E-state index contributed by atoms with van der Waals surface area (Å²) in [5.41, 5.74) is 2.99. The van der Waals surface area contributed by atoms with Crippen LogP contribution < -0.4 is 15.0 Å². The van der Waals surface area contributed by atoms with Gasteiger partial charge >= 0.3 is 0 Å². The lowest BCUT2D eigenvalue weighted by Crippen LogP contribution is -2.46. The molecule has 2 aliphatic rings. The Morgan fingerprint density at radius 1 is 1.27 bits per heavy atom. The average Bonchev–Trinajstić information content (AvgIpc) is 2.64. The Balaban J connectivity index is 1.51. The van der Waals surface area contributed by atoms with E-state index in [2.05, 4.69) is 17.4 Å². The molecule has 2 aromatic rings. The predicted octanol–water partition coefficient (Wildman–Crippen LogP) is 3.26. The van der Waals surface area contributed by atoms with Gasteiger partial charge in [-0.2, -0.15) is 0 Å². The van der Waals surface area contributed by atoms with Crippen LogP contribution in [0.4, 0.5) is 5.69 Å². The van der Waals surface area contributed by atoms with E-state index in [4.69, 9.17) is 16.3 Å². The molecule has 0 saturated carbocycles. The third-order valence-electron chi connectivity index (χ3n) is 4.87. The van der Waals surface area contributed by atoms with Crippen LogP contribution in [0, 0.1) is 0 Å². The number of aryl methyl sites for hydroxylation is 1. The Kier molecular flexibility index (Phi) is 4.55. The number of hydrogen-bond acceptors (Lipinski definition) is 3. The van der Waals surface area contributed by atoms with E-state index in [1.807, 2.05) is 12.1 Å². The third-order valence-corrected chi connectivity index (χ3v) is 5.11. The summed E-state index contributed by atoms with van der Waals surface area (Å²) < 4.78 is 5.42. The van der Waals surface area contributed by atoms with Gasteiger partial charge in [-0.3, -0.25) is 14.5 Å². The molecule has 0 radical (unpaired) electrons. The number of ether oxygens (including phenoxy) is 1. The normalized spacial score (nSPS) is 18.6. The molecule has 1 heterocycles. The molecule has 0 bridgehead atoms. The highest BCUT2D eigenvalue weighted by Crippen LogP contribution is 2.34. The fourth-order valence-electron chi connectivity index (χ4n) is 3.64. The van der Waals surface area contributed by atoms with Crippen molar-refractivity contribution in [3.8, 4) is 5.75 Å². The molecule has 1 aliphatic carbocycles. The second-order valence-corrected chi connectivity index (χ2v) is 7.03. The van der Waals surface area contributed by atoms with Crippen LogP contribution in [0.25, 0.3) is 0 Å². The van der Waals surface area contributed by atoms with Crippen LogP contribution in [0.1, 0.15) is 30.0 Å². The van der Waals surface area contributed by atoms with Gasteiger partial charge in [-0.1, -0.05) is 35.9 Å². The summed E-state index contributed by atoms with van der Waals surface area (Å²) in [6.07, 6.45) is 2.98. The molecule has 2 amide bonds. The zero-order valence-corrected chi connectivity index (χ0v) is 15.0. The first-order valence-electron chi connectivity index (χ1n) is 8.72. The second-order valence-electron chi connectivity index (χ2n) is 6.59. The molecule has 4 rings (SSSR count). The van der Waals surface area contributed by atoms with E-state index < -0.39 is 0 Å². The van der Waals surface area contributed by atoms with Crippen molar-refractivity contribution >= 4 is 29.1 Å². The molecule has 1 unspecified atom stereocenters. The van der Waals surface area contributed by atoms with Gasteiger partial charge in [0.25, 0.3) is 5.91 Å². The van der Waals surface area contributed by atoms with Crippen LogP contribution in [-0.2, 0) is 16.0 Å². The zero-order valence-electron chi connectivity index (χ0n) is 14.2. The number of carbonyl (C=O) groups is 2. The summed E-state index contributed by atoms with van der Waals surface area (Å²) >= 11 is 6.04. The Morgan fingerprint density at radius 3 is 3.00 bits per heavy atom. The molecule has 1 aliphatic heterocycles. The van der Waals surface area contributed by atoms with Crippen molar-refractivity contribution in [1.82, 2.24) is 5.32 Å². The van der Waals surface area contributed by atoms with Gasteiger partial charge in [-0.25, -0.2) is 0 Å². The molecule has 26 heavy (non-hydrogen) atoms. The molecule has 1 atom stereocenters. The Morgan fingerprint density at radius 2 is 2.12 bits per heavy atom. The summed E-state index contributed by atoms with van der Waals surface area (Å²) in [5, 5.41) is 3.58. The van der Waals surface area contributed by atoms with Crippen molar-refractivity contribution in [2.75, 3.05) is 18.1 Å². The van der Waals surface area contributed by atoms with Gasteiger partial charge < -0.3 is 10.1 Å². The maximum atomic E-state index is 12.7. The van der Waals surface area contributed by atoms with E-state index in [9.17, 15) is 9.59 Å². The Hall–Kier alpha value is -2.53. The van der Waals surface area contributed by atoms with Crippen molar-refractivity contribution in [1.29, 1.82) is 0 Å². The first-order chi connectivity index (χ1) is 12.6. The maximum Gasteiger partial charge on any atom is 0.265 e. The van der Waals surface area contributed by atoms with Gasteiger partial charge in [0.1, 0.15) is 12.3 Å². The van der Waals surface area contributed by atoms with Crippen molar-refractivity contribution in [2.24, 2.45) is 0 Å². The fourth-order valence-corrected chi connectivity index (χ4v) is 3.80. The molecular weight excluding hydrogens is 352 g/mol. The quantitative estimate of drug-likeness (QED) is 0.902. The van der Waals surface area contributed by atoms with E-state index in [1.165, 1.54) is 16.0 Å². The predicted molar refractivity (Wildman–Crippen MR) is 99.6 cm³/mol. The Bertz CT molecular complexity index is 868. The topological polar surface area (TPSA) is 58.6 Å². The summed E-state index contributed by atoms with van der Waals surface area (Å²) in [7, 11) is 0. The van der Waals surface area contributed by atoms with Gasteiger partial charge in [0, 0.05) is 5.02 Å². The molecular formula is C20H19ClN2O3. The SMILES string of the molecule is O=C(CN1C(=O)COc2ccc(Cl)cc21)NC1CCCc2ccccc21. The lowest BCUT2D eigenvalue weighted by Gasteiger charge is -2.31. The van der Waals surface area contributed by atoms with Crippen molar-refractivity contribution in [3.05, 3.63) is 58.6 Å². The highest BCUT2D eigenvalue weighted by atomic mass is 35.5. The van der Waals surface area contributed by atoms with E-state index in [0.717, 1.165) is 19.3 Å². The minimum atomic E-state index is -0.251. The Labute approximate surface area is 156 Å². The molecule has 5 nitrogen and oxygen atoms in total. The molecule has 2 aromatic carbocycles. The zero-order chi connectivity index (χ0) is 18.1. The number of amides is 2. The highest BCUT2D eigenvalue weighted by Gasteiger charge is 2.29. The number of halogens is 1. The number of rotatable bonds is 3. The molecule has 134 valence electrons. The lowest BCUT2D eigenvalue weighted by atomic mass is 9.88. The largest absolute Gasteiger partial charge is 0.482 e. The lowest BCUT2D eigenvalue weighted by molar-refractivity contribution is -0.125. The summed E-state index contributed by atoms with van der Waals surface area (Å²) in [6, 6.07) is 13.2. The van der Waals surface area contributed by atoms with Gasteiger partial charge in [-0.05, 0) is 48.6 Å². The van der Waals surface area contributed by atoms with Crippen molar-refractivity contribution < 1.29 is 14.3 Å². The summed E-state index contributed by atoms with van der Waals surface area (Å²) in [4.78, 5) is 26.4. The smallest absolute Gasteiger partial charge is 0.265 e. The summed E-state index contributed by atoms with van der Waals surface area (Å²) in [5.74, 6) is 0.122. The first-order valence-corrected chi connectivity index (χ1v) is 9.09. The van der Waals surface area contributed by atoms with E-state index in [1.54, 1.807) is 18.2 Å². The van der Waals surface area contributed by atoms with Crippen LogP contribution in [0.5, 0.6) is 5.75 Å². The average molecular weight is 371 g/mol. The molecule has 0 aromatic heterocycles. The summed E-state index contributed by atoms with van der Waals surface area (Å²) in [6.45, 7) is -0.123. The number of benzene rings is 2. The molecule has 0 fully saturated rings. The molecule has 0 saturated heterocycles. The van der Waals surface area contributed by atoms with Gasteiger partial charge in [0.15, 0.2) is 6.61 Å². The minimum absolute atomic E-state index is 0.0116. The molecule has 1 N–H and O–H groups in total. The van der Waals surface area contributed by atoms with Crippen LogP contribution >= 0.6 is 11.6 Å². The number of anilines is 1. The number of nitrogens with zero attached hydrogens (tertiary/aromatic N) is 1. The van der Waals surface area contributed by atoms with E-state index in [0.29, 0.717) is 16.5 Å². The number of fused-ring (bicyclic) bond motifs is 2. The number of hydrogen-bond donors (Lipinski definition) is 1. The van der Waals surface area contributed by atoms with Gasteiger partial charge in [-0.15, -0.1) is 0 Å². The van der Waals surface area contributed by atoms with E-state index >= 15 is 0 Å². The second kappa shape index (κ2) is 7.00. The molecule has 6 heteroatoms. The number of carbonyl (C=O) groups excluding carboxylic acids is 2. The van der Waals surface area contributed by atoms with Crippen LogP contribution in [0.2, 0.25) is 5.02 Å². The van der Waals surface area contributed by atoms with E-state index in [-0.39, 0.29) is 31.0 Å². The minimum Gasteiger partial charge on any atom is -0.482 e. The maximum absolute atomic E-state index is 12.7. The van der Waals surface area contributed by atoms with Gasteiger partial charge in [0.05, 0.1) is 11.7 Å². The standard InChI is InChI=1S/C20H19ClN2O3/c21-14-8-9-18-17(10-14)23(20(25)12-26-18)11-19(24)22-16-7-3-5-13-4-1-2-6-15(13)16/h1-2,4,6,8-10,16H,3,5,7,11-12H2,(H,22,24). The first kappa shape index (κ1) is 16.9. The highest BCUT2D eigenvalue weighted by molar-refractivity contribution is 6.31. The van der Waals surface area contributed by atoms with Crippen molar-refractivity contribution in [3.63, 3.8) is 0 Å². The monoisotopic (exact) mass is 370 g/mol.